The molecule has 3 aromatic rings. The van der Waals surface area contributed by atoms with E-state index < -0.39 is 0 Å². The molecule has 21 heavy (non-hydrogen) atoms. The summed E-state index contributed by atoms with van der Waals surface area (Å²) in [6.45, 7) is 0.665. The fourth-order valence-electron chi connectivity index (χ4n) is 1.98. The average Bonchev–Trinajstić information content (AvgIpc) is 3.09. The molecule has 2 heterocycles. The zero-order valence-electron chi connectivity index (χ0n) is 11.2. The van der Waals surface area contributed by atoms with Gasteiger partial charge in [0, 0.05) is 6.20 Å². The molecule has 1 aromatic carbocycles. The van der Waals surface area contributed by atoms with Gasteiger partial charge < -0.3 is 11.1 Å². The predicted molar refractivity (Wildman–Crippen MR) is 84.5 cm³/mol. The summed E-state index contributed by atoms with van der Waals surface area (Å²) in [5.41, 5.74) is 8.04. The lowest BCUT2D eigenvalue weighted by molar-refractivity contribution is 0.103. The minimum atomic E-state index is -0.207. The first kappa shape index (κ1) is 13.4. The molecule has 0 aliphatic heterocycles. The van der Waals surface area contributed by atoms with Gasteiger partial charge >= 0.3 is 0 Å². The van der Waals surface area contributed by atoms with Gasteiger partial charge in [0.25, 0.3) is 5.91 Å². The molecule has 0 spiro atoms. The van der Waals surface area contributed by atoms with Crippen LogP contribution in [-0.2, 0) is 6.54 Å². The maximum Gasteiger partial charge on any atom is 0.267 e. The lowest BCUT2D eigenvalue weighted by Gasteiger charge is -2.02. The lowest BCUT2D eigenvalue weighted by Crippen LogP contribution is -2.11. The summed E-state index contributed by atoms with van der Waals surface area (Å²) in [4.78, 5) is 12.6. The smallest absolute Gasteiger partial charge is 0.267 e. The van der Waals surface area contributed by atoms with Crippen LogP contribution in [0.25, 0.3) is 0 Å². The van der Waals surface area contributed by atoms with Crippen LogP contribution in [0, 0.1) is 0 Å². The number of nitrogens with zero attached hydrogens (tertiary/aromatic N) is 2. The number of nitrogens with two attached hydrogens (primary N) is 1. The Bertz CT molecular complexity index is 748. The Hall–Kier alpha value is -2.60. The second-order valence-corrected chi connectivity index (χ2v) is 5.49. The van der Waals surface area contributed by atoms with Crippen LogP contribution in [0.3, 0.4) is 0 Å². The minimum absolute atomic E-state index is 0.207. The molecule has 3 N–H and O–H groups in total. The molecule has 1 amide bonds. The quantitative estimate of drug-likeness (QED) is 0.778. The van der Waals surface area contributed by atoms with Crippen molar-refractivity contribution in [2.45, 2.75) is 6.54 Å². The third kappa shape index (κ3) is 3.11. The first-order valence-electron chi connectivity index (χ1n) is 6.43. The average molecular weight is 298 g/mol. The van der Waals surface area contributed by atoms with E-state index in [1.165, 1.54) is 11.3 Å². The van der Waals surface area contributed by atoms with E-state index in [1.54, 1.807) is 28.5 Å². The van der Waals surface area contributed by atoms with Crippen molar-refractivity contribution in [3.05, 3.63) is 64.6 Å². The first-order chi connectivity index (χ1) is 10.2. The summed E-state index contributed by atoms with van der Waals surface area (Å²) >= 11 is 1.32. The number of amides is 1. The van der Waals surface area contributed by atoms with Crippen molar-refractivity contribution in [2.24, 2.45) is 0 Å². The Balaban J connectivity index is 1.68. The molecule has 0 atom stereocenters. The Kier molecular flexibility index (Phi) is 3.70. The highest BCUT2D eigenvalue weighted by Gasteiger charge is 2.12. The third-order valence-corrected chi connectivity index (χ3v) is 3.91. The van der Waals surface area contributed by atoms with Crippen molar-refractivity contribution in [3.8, 4) is 0 Å². The highest BCUT2D eigenvalue weighted by atomic mass is 32.1. The van der Waals surface area contributed by atoms with Crippen LogP contribution in [0.1, 0.15) is 15.2 Å². The lowest BCUT2D eigenvalue weighted by atomic mass is 10.2. The SMILES string of the molecule is Nc1ccsc1C(=O)Nc1cnn(Cc2ccccc2)c1. The molecular formula is C15H14N4OS. The van der Waals surface area contributed by atoms with E-state index in [4.69, 9.17) is 5.73 Å². The second-order valence-electron chi connectivity index (χ2n) is 4.57. The van der Waals surface area contributed by atoms with Gasteiger partial charge in [-0.25, -0.2) is 0 Å². The van der Waals surface area contributed by atoms with E-state index in [0.29, 0.717) is 22.8 Å². The predicted octanol–water partition coefficient (Wildman–Crippen LogP) is 2.83. The number of hydrogen-bond donors (Lipinski definition) is 2. The van der Waals surface area contributed by atoms with Crippen LogP contribution < -0.4 is 11.1 Å². The van der Waals surface area contributed by atoms with E-state index in [1.807, 2.05) is 30.3 Å². The van der Waals surface area contributed by atoms with Crippen molar-refractivity contribution in [1.29, 1.82) is 0 Å². The number of thiophene rings is 1. The number of aromatic nitrogens is 2. The number of benzene rings is 1. The molecule has 0 aliphatic rings. The van der Waals surface area contributed by atoms with Crippen molar-refractivity contribution >= 4 is 28.6 Å². The van der Waals surface area contributed by atoms with Gasteiger partial charge in [0.15, 0.2) is 0 Å². The standard InChI is InChI=1S/C15H14N4OS/c16-13-6-7-21-14(13)15(20)18-12-8-17-19(10-12)9-11-4-2-1-3-5-11/h1-8,10H,9,16H2,(H,18,20). The highest BCUT2D eigenvalue weighted by molar-refractivity contribution is 7.12. The van der Waals surface area contributed by atoms with Crippen LogP contribution >= 0.6 is 11.3 Å². The molecule has 6 heteroatoms. The topological polar surface area (TPSA) is 72.9 Å². The van der Waals surface area contributed by atoms with Gasteiger partial charge in [0.2, 0.25) is 0 Å². The summed E-state index contributed by atoms with van der Waals surface area (Å²) in [5, 5.41) is 8.84. The van der Waals surface area contributed by atoms with Crippen LogP contribution in [0.5, 0.6) is 0 Å². The van der Waals surface area contributed by atoms with Crippen LogP contribution in [0.15, 0.2) is 54.2 Å². The number of rotatable bonds is 4. The van der Waals surface area contributed by atoms with E-state index in [2.05, 4.69) is 10.4 Å². The molecule has 0 fully saturated rings. The van der Waals surface area contributed by atoms with Crippen molar-refractivity contribution in [2.75, 3.05) is 11.1 Å². The number of carbonyl (C=O) groups is 1. The van der Waals surface area contributed by atoms with E-state index in [0.717, 1.165) is 5.56 Å². The second kappa shape index (κ2) is 5.80. The zero-order valence-corrected chi connectivity index (χ0v) is 12.0. The van der Waals surface area contributed by atoms with Crippen molar-refractivity contribution in [3.63, 3.8) is 0 Å². The third-order valence-electron chi connectivity index (χ3n) is 2.98. The summed E-state index contributed by atoms with van der Waals surface area (Å²) < 4.78 is 1.78. The normalized spacial score (nSPS) is 10.5. The van der Waals surface area contributed by atoms with Crippen LogP contribution in [0.2, 0.25) is 0 Å². The molecule has 2 aromatic heterocycles. The van der Waals surface area contributed by atoms with Gasteiger partial charge in [-0.3, -0.25) is 9.48 Å². The zero-order chi connectivity index (χ0) is 14.7. The molecule has 0 saturated heterocycles. The summed E-state index contributed by atoms with van der Waals surface area (Å²) in [6, 6.07) is 11.7. The molecule has 0 bridgehead atoms. The molecule has 5 nitrogen and oxygen atoms in total. The number of hydrogen-bond acceptors (Lipinski definition) is 4. The highest BCUT2D eigenvalue weighted by Crippen LogP contribution is 2.20. The van der Waals surface area contributed by atoms with Crippen LogP contribution in [0.4, 0.5) is 11.4 Å². The largest absolute Gasteiger partial charge is 0.397 e. The first-order valence-corrected chi connectivity index (χ1v) is 7.31. The molecule has 106 valence electrons. The van der Waals surface area contributed by atoms with Gasteiger partial charge in [-0.1, -0.05) is 30.3 Å². The number of nitrogen functional groups attached to an aromatic ring is 1. The number of nitrogens with one attached hydrogen (secondary N) is 1. The minimum Gasteiger partial charge on any atom is -0.397 e. The molecule has 0 aliphatic carbocycles. The maximum atomic E-state index is 12.0. The van der Waals surface area contributed by atoms with E-state index >= 15 is 0 Å². The summed E-state index contributed by atoms with van der Waals surface area (Å²) in [7, 11) is 0. The Morgan fingerprint density at radius 3 is 2.81 bits per heavy atom. The molecule has 0 radical (unpaired) electrons. The van der Waals surface area contributed by atoms with Gasteiger partial charge in [-0.05, 0) is 17.0 Å². The fraction of sp³-hybridized carbons (Fsp3) is 0.0667. The van der Waals surface area contributed by atoms with E-state index in [9.17, 15) is 4.79 Å². The Labute approximate surface area is 126 Å². The van der Waals surface area contributed by atoms with Gasteiger partial charge in [-0.2, -0.15) is 5.10 Å². The molecular weight excluding hydrogens is 284 g/mol. The molecule has 0 saturated carbocycles. The summed E-state index contributed by atoms with van der Waals surface area (Å²) in [5.74, 6) is -0.207. The van der Waals surface area contributed by atoms with Gasteiger partial charge in [0.05, 0.1) is 24.1 Å². The maximum absolute atomic E-state index is 12.0. The Morgan fingerprint density at radius 1 is 1.29 bits per heavy atom. The Morgan fingerprint density at radius 2 is 2.10 bits per heavy atom. The molecule has 0 unspecified atom stereocenters. The number of carbonyl (C=O) groups excluding carboxylic acids is 1. The van der Waals surface area contributed by atoms with E-state index in [-0.39, 0.29) is 5.91 Å². The number of anilines is 2. The van der Waals surface area contributed by atoms with Crippen LogP contribution in [-0.4, -0.2) is 15.7 Å². The van der Waals surface area contributed by atoms with Gasteiger partial charge in [0.1, 0.15) is 4.88 Å². The molecule has 3 rings (SSSR count). The van der Waals surface area contributed by atoms with Gasteiger partial charge in [-0.15, -0.1) is 11.3 Å². The van der Waals surface area contributed by atoms with Crippen molar-refractivity contribution < 1.29 is 4.79 Å². The fourth-order valence-corrected chi connectivity index (χ4v) is 2.69. The van der Waals surface area contributed by atoms with Crippen molar-refractivity contribution in [1.82, 2.24) is 9.78 Å². The monoisotopic (exact) mass is 298 g/mol. The summed E-state index contributed by atoms with van der Waals surface area (Å²) in [6.07, 6.45) is 3.43.